The predicted octanol–water partition coefficient (Wildman–Crippen LogP) is 6.12. The summed E-state index contributed by atoms with van der Waals surface area (Å²) in [7, 11) is 0. The number of benzene rings is 1. The fraction of sp³-hybridized carbons (Fsp3) is 0.600. The molecule has 0 aliphatic heterocycles. The van der Waals surface area contributed by atoms with E-state index >= 15 is 0 Å². The Balaban J connectivity index is -0.000000361. The zero-order chi connectivity index (χ0) is 13.4. The van der Waals surface area contributed by atoms with E-state index in [1.807, 2.05) is 0 Å². The molecule has 0 amide bonds. The predicted molar refractivity (Wildman–Crippen MR) is 98.2 cm³/mol. The fourth-order valence-electron chi connectivity index (χ4n) is 1.98. The molecule has 0 heterocycles. The fourth-order valence-corrected chi connectivity index (χ4v) is 2.62. The summed E-state index contributed by atoms with van der Waals surface area (Å²) in [6, 6.07) is 4.51. The first-order valence-corrected chi connectivity index (χ1v) is 7.22. The van der Waals surface area contributed by atoms with Gasteiger partial charge in [0.25, 0.3) is 0 Å². The first-order valence-electron chi connectivity index (χ1n) is 6.03. The van der Waals surface area contributed by atoms with E-state index < -0.39 is 0 Å². The Bertz CT molecular complexity index is 388. The molecule has 0 radical (unpaired) electrons. The van der Waals surface area contributed by atoms with Crippen LogP contribution in [-0.2, 0) is 31.0 Å². The Morgan fingerprint density at radius 3 is 1.24 bits per heavy atom. The van der Waals surface area contributed by atoms with Gasteiger partial charge >= 0.3 is 117 Å². The van der Waals surface area contributed by atoms with E-state index in [2.05, 4.69) is 60.6 Å². The van der Waals surface area contributed by atoms with Gasteiger partial charge in [-0.1, -0.05) is 0 Å². The topological polar surface area (TPSA) is 9.23 Å². The minimum atomic E-state index is 0. The maximum absolute atomic E-state index is 5.77. The van der Waals surface area contributed by atoms with Gasteiger partial charge in [-0.05, 0) is 0 Å². The van der Waals surface area contributed by atoms with Crippen LogP contribution in [0.2, 0.25) is 0 Å². The average Bonchev–Trinajstić information content (AvgIpc) is 2.13. The van der Waals surface area contributed by atoms with Gasteiger partial charge in [-0.2, -0.15) is 0 Å². The first-order chi connectivity index (χ1) is 7.57. The van der Waals surface area contributed by atoms with Crippen molar-refractivity contribution in [3.05, 3.63) is 28.8 Å². The first kappa shape index (κ1) is 29.8. The number of hydrogen-bond acceptors (Lipinski definition) is 1. The van der Waals surface area contributed by atoms with Gasteiger partial charge in [-0.3, -0.25) is 0 Å². The Labute approximate surface area is 166 Å². The third-order valence-corrected chi connectivity index (χ3v) is 3.53. The molecule has 0 fully saturated rings. The normalized spacial score (nSPS) is 10.2. The van der Waals surface area contributed by atoms with Gasteiger partial charge < -0.3 is 0 Å². The van der Waals surface area contributed by atoms with Crippen molar-refractivity contribution in [2.24, 2.45) is 0 Å². The van der Waals surface area contributed by atoms with Crippen LogP contribution < -0.4 is 3.39 Å². The minimum absolute atomic E-state index is 0. The molecule has 0 N–H and O–H groups in total. The van der Waals surface area contributed by atoms with Crippen LogP contribution in [0, 0.1) is 6.92 Å². The minimum Gasteiger partial charge on any atom is -0.147 e. The monoisotopic (exact) mass is 547 g/mol. The molecule has 0 aliphatic rings. The van der Waals surface area contributed by atoms with Gasteiger partial charge in [0.2, 0.25) is 0 Å². The van der Waals surface area contributed by atoms with E-state index in [9.17, 15) is 0 Å². The van der Waals surface area contributed by atoms with E-state index in [4.69, 9.17) is 3.39 Å². The van der Waals surface area contributed by atoms with E-state index in [0.717, 1.165) is 25.9 Å². The molecule has 0 aliphatic carbocycles. The molecule has 0 unspecified atom stereocenters. The van der Waals surface area contributed by atoms with Crippen LogP contribution in [0.1, 0.15) is 58.2 Å². The smallest absolute Gasteiger partial charge is 0.147 e. The molecular formula is C15H27Cl4OW. The van der Waals surface area contributed by atoms with Crippen LogP contribution in [0.5, 0.6) is 5.75 Å². The molecule has 127 valence electrons. The van der Waals surface area contributed by atoms with Crippen molar-refractivity contribution in [1.29, 1.82) is 0 Å². The van der Waals surface area contributed by atoms with Crippen LogP contribution in [0.4, 0.5) is 0 Å². The molecule has 1 aromatic carbocycles. The Morgan fingerprint density at radius 2 is 1.05 bits per heavy atom. The van der Waals surface area contributed by atoms with Gasteiger partial charge in [0.1, 0.15) is 0 Å². The van der Waals surface area contributed by atoms with Crippen molar-refractivity contribution in [3.8, 4) is 5.75 Å². The van der Waals surface area contributed by atoms with Gasteiger partial charge in [0.15, 0.2) is 0 Å². The summed E-state index contributed by atoms with van der Waals surface area (Å²) < 4.78 is 5.77. The van der Waals surface area contributed by atoms with Crippen molar-refractivity contribution < 1.29 is 23.6 Å². The molecule has 1 rings (SSSR count). The second-order valence-electron chi connectivity index (χ2n) is 6.77. The van der Waals surface area contributed by atoms with Crippen molar-refractivity contribution >= 4 is 49.6 Å². The molecule has 0 bridgehead atoms. The third-order valence-electron chi connectivity index (χ3n) is 2.93. The second kappa shape index (κ2) is 10.6. The molecule has 0 saturated carbocycles. The van der Waals surface area contributed by atoms with Gasteiger partial charge in [-0.15, -0.1) is 49.6 Å². The molecule has 0 spiro atoms. The molecule has 0 saturated heterocycles. The van der Waals surface area contributed by atoms with Crippen molar-refractivity contribution in [2.75, 3.05) is 0 Å². The maximum Gasteiger partial charge on any atom is -0.147 e. The molecule has 21 heavy (non-hydrogen) atoms. The molecule has 0 aromatic heterocycles. The maximum atomic E-state index is 5.77. The number of aryl methyl sites for hydroxylation is 1. The number of rotatable bonds is 1. The average molecular weight is 549 g/mol. The third kappa shape index (κ3) is 7.80. The van der Waals surface area contributed by atoms with Gasteiger partial charge in [0.05, 0.1) is 0 Å². The summed E-state index contributed by atoms with van der Waals surface area (Å²) in [6.45, 7) is 15.6. The summed E-state index contributed by atoms with van der Waals surface area (Å²) in [5.41, 5.74) is 4.19. The van der Waals surface area contributed by atoms with E-state index in [-0.39, 0.29) is 60.5 Å². The summed E-state index contributed by atoms with van der Waals surface area (Å²) in [5.74, 6) is 1.09. The molecule has 0 atom stereocenters. The largest absolute Gasteiger partial charge is 0.147 e. The summed E-state index contributed by atoms with van der Waals surface area (Å²) in [4.78, 5) is 0. The quantitative estimate of drug-likeness (QED) is 0.411. The van der Waals surface area contributed by atoms with Crippen LogP contribution >= 0.6 is 49.6 Å². The second-order valence-corrected chi connectivity index (χ2v) is 7.37. The van der Waals surface area contributed by atoms with Crippen molar-refractivity contribution in [3.63, 3.8) is 0 Å². The van der Waals surface area contributed by atoms with Crippen LogP contribution in [0.15, 0.2) is 12.1 Å². The Kier molecular flexibility index (Phi) is 15.1. The molecule has 6 heteroatoms. The SMILES string of the molecule is Cc1cc(C(C)(C)C)c([O][W])c(C(C)(C)C)c1.Cl.Cl.Cl.Cl. The van der Waals surface area contributed by atoms with Crippen LogP contribution in [0.3, 0.4) is 0 Å². The van der Waals surface area contributed by atoms with Crippen LogP contribution in [0.25, 0.3) is 0 Å². The van der Waals surface area contributed by atoms with Crippen molar-refractivity contribution in [2.45, 2.75) is 59.3 Å². The standard InChI is InChI=1S/C15H24O.4ClH.W/c1-10-8-11(14(2,3)4)13(16)12(9-10)15(5,6)7;;;;;/h8-9,16H,1-7H3;4*1H;/q;;;;;+1/p-1. The molecular weight excluding hydrogens is 522 g/mol. The Morgan fingerprint density at radius 1 is 0.762 bits per heavy atom. The van der Waals surface area contributed by atoms with Crippen LogP contribution in [-0.4, -0.2) is 0 Å². The van der Waals surface area contributed by atoms with Gasteiger partial charge in [0, 0.05) is 0 Å². The summed E-state index contributed by atoms with van der Waals surface area (Å²) >= 11 is 1.15. The summed E-state index contributed by atoms with van der Waals surface area (Å²) in [5, 5.41) is 0. The van der Waals surface area contributed by atoms with Crippen molar-refractivity contribution in [1.82, 2.24) is 0 Å². The zero-order valence-corrected chi connectivity index (χ0v) is 19.8. The number of halogens is 4. The van der Waals surface area contributed by atoms with E-state index in [0.29, 0.717) is 0 Å². The zero-order valence-electron chi connectivity index (χ0n) is 13.6. The van der Waals surface area contributed by atoms with Gasteiger partial charge in [-0.25, -0.2) is 0 Å². The molecule has 1 aromatic rings. The summed E-state index contributed by atoms with van der Waals surface area (Å²) in [6.07, 6.45) is 0. The van der Waals surface area contributed by atoms with E-state index in [1.165, 1.54) is 16.7 Å². The Hall–Kier alpha value is 0.868. The number of hydrogen-bond donors (Lipinski definition) is 0. The molecule has 1 nitrogen and oxygen atoms in total. The van der Waals surface area contributed by atoms with E-state index in [1.54, 1.807) is 0 Å².